The summed E-state index contributed by atoms with van der Waals surface area (Å²) in [6.07, 6.45) is 4.63. The topological polar surface area (TPSA) is 62.3 Å². The predicted octanol–water partition coefficient (Wildman–Crippen LogP) is 1.73. The Balaban J connectivity index is 2.36. The van der Waals surface area contributed by atoms with Gasteiger partial charge in [0.2, 0.25) is 11.8 Å². The Morgan fingerprint density at radius 3 is 2.75 bits per heavy atom. The Morgan fingerprint density at radius 1 is 1.45 bits per heavy atom. The van der Waals surface area contributed by atoms with Gasteiger partial charge >= 0.3 is 0 Å². The molecule has 1 atom stereocenters. The number of pyridine rings is 1. The Bertz CT molecular complexity index is 434. The van der Waals surface area contributed by atoms with Gasteiger partial charge in [-0.15, -0.1) is 0 Å². The molecule has 1 aromatic heterocycles. The quantitative estimate of drug-likeness (QED) is 0.825. The maximum absolute atomic E-state index is 11.8. The number of aromatic nitrogens is 1. The first kappa shape index (κ1) is 16.1. The zero-order valence-electron chi connectivity index (χ0n) is 12.4. The van der Waals surface area contributed by atoms with Crippen molar-refractivity contribution in [1.82, 2.24) is 15.2 Å². The second-order valence-corrected chi connectivity index (χ2v) is 4.86. The molecule has 5 heteroatoms. The summed E-state index contributed by atoms with van der Waals surface area (Å²) in [6.45, 7) is 6.50. The van der Waals surface area contributed by atoms with Gasteiger partial charge in [-0.05, 0) is 25.0 Å². The number of hydrogen-bond acceptors (Lipinski definition) is 3. The van der Waals surface area contributed by atoms with Gasteiger partial charge in [-0.25, -0.2) is 0 Å². The number of amides is 2. The average molecular weight is 277 g/mol. The van der Waals surface area contributed by atoms with Gasteiger partial charge in [-0.2, -0.15) is 0 Å². The maximum Gasteiger partial charge on any atom is 0.222 e. The van der Waals surface area contributed by atoms with Crippen LogP contribution in [0, 0.1) is 0 Å². The minimum absolute atomic E-state index is 0.0133. The molecule has 0 aromatic carbocycles. The van der Waals surface area contributed by atoms with E-state index < -0.39 is 0 Å². The Kier molecular flexibility index (Phi) is 6.70. The highest BCUT2D eigenvalue weighted by Crippen LogP contribution is 2.05. The van der Waals surface area contributed by atoms with Gasteiger partial charge in [-0.1, -0.05) is 13.0 Å². The highest BCUT2D eigenvalue weighted by molar-refractivity contribution is 5.78. The van der Waals surface area contributed by atoms with Crippen molar-refractivity contribution >= 4 is 11.8 Å². The Hall–Kier alpha value is -1.91. The molecule has 1 heterocycles. The highest BCUT2D eigenvalue weighted by atomic mass is 16.2. The molecule has 0 saturated carbocycles. The summed E-state index contributed by atoms with van der Waals surface area (Å²) in [6, 6.07) is 3.91. The van der Waals surface area contributed by atoms with Crippen LogP contribution in [0.3, 0.4) is 0 Å². The molecule has 0 radical (unpaired) electrons. The fourth-order valence-electron chi connectivity index (χ4n) is 1.92. The van der Waals surface area contributed by atoms with Gasteiger partial charge in [0, 0.05) is 44.9 Å². The summed E-state index contributed by atoms with van der Waals surface area (Å²) >= 11 is 0. The molecule has 0 saturated heterocycles. The van der Waals surface area contributed by atoms with E-state index in [0.717, 1.165) is 12.0 Å². The fraction of sp³-hybridized carbons (Fsp3) is 0.533. The molecule has 110 valence electrons. The number of carbonyl (C=O) groups is 2. The molecule has 5 nitrogen and oxygen atoms in total. The molecule has 0 fully saturated rings. The molecule has 0 aliphatic heterocycles. The molecule has 1 rings (SSSR count). The van der Waals surface area contributed by atoms with Crippen LogP contribution in [0.4, 0.5) is 0 Å². The predicted molar refractivity (Wildman–Crippen MR) is 77.8 cm³/mol. The summed E-state index contributed by atoms with van der Waals surface area (Å²) in [4.78, 5) is 29.0. The van der Waals surface area contributed by atoms with E-state index in [0.29, 0.717) is 19.5 Å². The first-order valence-corrected chi connectivity index (χ1v) is 6.97. The van der Waals surface area contributed by atoms with E-state index in [4.69, 9.17) is 0 Å². The van der Waals surface area contributed by atoms with Crippen LogP contribution >= 0.6 is 0 Å². The van der Waals surface area contributed by atoms with Crippen molar-refractivity contribution in [3.05, 3.63) is 30.1 Å². The average Bonchev–Trinajstić information content (AvgIpc) is 2.45. The second-order valence-electron chi connectivity index (χ2n) is 4.86. The third-order valence-electron chi connectivity index (χ3n) is 3.32. The fourth-order valence-corrected chi connectivity index (χ4v) is 1.92. The standard InChI is InChI=1S/C15H23N3O2/c1-4-12(2)18(13(3)19)9-7-15(20)17-11-14-6-5-8-16-10-14/h5-6,8,10,12H,4,7,9,11H2,1-3H3,(H,17,20). The molecule has 1 unspecified atom stereocenters. The van der Waals surface area contributed by atoms with Gasteiger partial charge in [0.25, 0.3) is 0 Å². The zero-order valence-corrected chi connectivity index (χ0v) is 12.4. The third-order valence-corrected chi connectivity index (χ3v) is 3.32. The molecule has 1 aromatic rings. The van der Waals surface area contributed by atoms with Crippen LogP contribution in [0.1, 0.15) is 39.2 Å². The molecule has 2 amide bonds. The molecular weight excluding hydrogens is 254 g/mol. The van der Waals surface area contributed by atoms with Crippen molar-refractivity contribution in [1.29, 1.82) is 0 Å². The van der Waals surface area contributed by atoms with E-state index in [1.807, 2.05) is 26.0 Å². The molecular formula is C15H23N3O2. The molecule has 0 spiro atoms. The van der Waals surface area contributed by atoms with Crippen molar-refractivity contribution < 1.29 is 9.59 Å². The number of nitrogens with zero attached hydrogens (tertiary/aromatic N) is 2. The molecule has 20 heavy (non-hydrogen) atoms. The number of nitrogens with one attached hydrogen (secondary N) is 1. The molecule has 0 bridgehead atoms. The highest BCUT2D eigenvalue weighted by Gasteiger charge is 2.16. The van der Waals surface area contributed by atoms with E-state index in [2.05, 4.69) is 10.3 Å². The van der Waals surface area contributed by atoms with Crippen molar-refractivity contribution in [2.45, 2.75) is 46.2 Å². The Labute approximate surface area is 120 Å². The van der Waals surface area contributed by atoms with Crippen molar-refractivity contribution in [3.8, 4) is 0 Å². The third kappa shape index (κ3) is 5.38. The van der Waals surface area contributed by atoms with E-state index >= 15 is 0 Å². The summed E-state index contributed by atoms with van der Waals surface area (Å²) < 4.78 is 0. The summed E-state index contributed by atoms with van der Waals surface area (Å²) in [5.41, 5.74) is 0.964. The minimum atomic E-state index is -0.0524. The summed E-state index contributed by atoms with van der Waals surface area (Å²) in [7, 11) is 0. The first-order valence-electron chi connectivity index (χ1n) is 6.97. The second kappa shape index (κ2) is 8.30. The number of rotatable bonds is 7. The first-order chi connectivity index (χ1) is 9.54. The van der Waals surface area contributed by atoms with Crippen molar-refractivity contribution in [2.75, 3.05) is 6.54 Å². The van der Waals surface area contributed by atoms with Crippen LogP contribution in [-0.2, 0) is 16.1 Å². The SMILES string of the molecule is CCC(C)N(CCC(=O)NCc1cccnc1)C(C)=O. The number of carbonyl (C=O) groups excluding carboxylic acids is 2. The monoisotopic (exact) mass is 277 g/mol. The lowest BCUT2D eigenvalue weighted by Crippen LogP contribution is -2.39. The lowest BCUT2D eigenvalue weighted by Gasteiger charge is -2.27. The van der Waals surface area contributed by atoms with E-state index in [1.54, 1.807) is 24.2 Å². The molecule has 1 N–H and O–H groups in total. The van der Waals surface area contributed by atoms with Crippen LogP contribution in [0.5, 0.6) is 0 Å². The minimum Gasteiger partial charge on any atom is -0.352 e. The zero-order chi connectivity index (χ0) is 15.0. The summed E-state index contributed by atoms with van der Waals surface area (Å²) in [5.74, 6) is -0.0391. The van der Waals surface area contributed by atoms with Crippen LogP contribution in [-0.4, -0.2) is 34.3 Å². The van der Waals surface area contributed by atoms with Crippen LogP contribution in [0.2, 0.25) is 0 Å². The van der Waals surface area contributed by atoms with E-state index in [9.17, 15) is 9.59 Å². The maximum atomic E-state index is 11.8. The Morgan fingerprint density at radius 2 is 2.20 bits per heavy atom. The smallest absolute Gasteiger partial charge is 0.222 e. The van der Waals surface area contributed by atoms with Crippen LogP contribution in [0.15, 0.2) is 24.5 Å². The van der Waals surface area contributed by atoms with Crippen LogP contribution in [0.25, 0.3) is 0 Å². The van der Waals surface area contributed by atoms with E-state index in [-0.39, 0.29) is 17.9 Å². The van der Waals surface area contributed by atoms with Gasteiger partial charge in [0.15, 0.2) is 0 Å². The number of hydrogen-bond donors (Lipinski definition) is 1. The van der Waals surface area contributed by atoms with Crippen molar-refractivity contribution in [2.24, 2.45) is 0 Å². The van der Waals surface area contributed by atoms with Crippen molar-refractivity contribution in [3.63, 3.8) is 0 Å². The van der Waals surface area contributed by atoms with Gasteiger partial charge in [-0.3, -0.25) is 14.6 Å². The van der Waals surface area contributed by atoms with Gasteiger partial charge in [0.05, 0.1) is 0 Å². The van der Waals surface area contributed by atoms with Crippen LogP contribution < -0.4 is 5.32 Å². The lowest BCUT2D eigenvalue weighted by atomic mass is 10.2. The van der Waals surface area contributed by atoms with Gasteiger partial charge < -0.3 is 10.2 Å². The molecule has 0 aliphatic carbocycles. The molecule has 0 aliphatic rings. The summed E-state index contributed by atoms with van der Waals surface area (Å²) in [5, 5.41) is 2.83. The lowest BCUT2D eigenvalue weighted by molar-refractivity contribution is -0.131. The normalized spacial score (nSPS) is 11.8. The largest absolute Gasteiger partial charge is 0.352 e. The van der Waals surface area contributed by atoms with Gasteiger partial charge in [0.1, 0.15) is 0 Å². The van der Waals surface area contributed by atoms with E-state index in [1.165, 1.54) is 0 Å².